The summed E-state index contributed by atoms with van der Waals surface area (Å²) in [5.74, 6) is 0.0151. The van der Waals surface area contributed by atoms with Crippen LogP contribution in [0.4, 0.5) is 0 Å². The maximum atomic E-state index is 13.3. The zero-order valence-corrected chi connectivity index (χ0v) is 16.7. The minimum Gasteiger partial charge on any atom is -0.497 e. The topological polar surface area (TPSA) is 88.1 Å². The first-order valence-electron chi connectivity index (χ1n) is 9.56. The summed E-state index contributed by atoms with van der Waals surface area (Å²) in [6.45, 7) is 2.16. The molecule has 0 radical (unpaired) electrons. The molecule has 7 heteroatoms. The molecule has 30 heavy (non-hydrogen) atoms. The second kappa shape index (κ2) is 10.4. The third-order valence-electron chi connectivity index (χ3n) is 4.69. The van der Waals surface area contributed by atoms with Gasteiger partial charge in [0.2, 0.25) is 0 Å². The van der Waals surface area contributed by atoms with Crippen molar-refractivity contribution in [1.29, 1.82) is 0 Å². The van der Waals surface area contributed by atoms with Gasteiger partial charge in [-0.05, 0) is 41.0 Å². The number of methoxy groups -OCH3 is 1. The summed E-state index contributed by atoms with van der Waals surface area (Å²) in [6, 6.07) is 14.8. The number of hydroxylamine groups is 1. The Morgan fingerprint density at radius 2 is 1.80 bits per heavy atom. The molecule has 2 amide bonds. The van der Waals surface area contributed by atoms with E-state index in [1.54, 1.807) is 23.6 Å². The van der Waals surface area contributed by atoms with Gasteiger partial charge in [-0.2, -0.15) is 0 Å². The van der Waals surface area contributed by atoms with Crippen molar-refractivity contribution in [3.8, 4) is 5.75 Å². The van der Waals surface area contributed by atoms with Gasteiger partial charge in [0.25, 0.3) is 11.8 Å². The van der Waals surface area contributed by atoms with Crippen molar-refractivity contribution in [2.24, 2.45) is 0 Å². The normalized spacial score (nSPS) is 14.6. The van der Waals surface area contributed by atoms with Crippen LogP contribution >= 0.6 is 0 Å². The number of morpholine rings is 1. The highest BCUT2D eigenvalue weighted by Crippen LogP contribution is 2.25. The number of rotatable bonds is 6. The molecular weight excluding hydrogens is 384 g/mol. The second-order valence-corrected chi connectivity index (χ2v) is 6.67. The Morgan fingerprint density at radius 3 is 2.47 bits per heavy atom. The lowest BCUT2D eigenvalue weighted by Crippen LogP contribution is -2.41. The van der Waals surface area contributed by atoms with Gasteiger partial charge in [0.15, 0.2) is 0 Å². The second-order valence-electron chi connectivity index (χ2n) is 6.67. The molecule has 7 nitrogen and oxygen atoms in total. The number of carbonyl (C=O) groups excluding carboxylic acids is 2. The van der Waals surface area contributed by atoms with Gasteiger partial charge >= 0.3 is 0 Å². The molecule has 2 aromatic carbocycles. The highest BCUT2D eigenvalue weighted by molar-refractivity contribution is 6.24. The molecule has 1 fully saturated rings. The fourth-order valence-electron chi connectivity index (χ4n) is 3.08. The number of ether oxygens (including phenoxy) is 2. The van der Waals surface area contributed by atoms with Crippen LogP contribution in [-0.4, -0.2) is 55.3 Å². The predicted molar refractivity (Wildman–Crippen MR) is 114 cm³/mol. The molecule has 1 aliphatic heterocycles. The first-order valence-corrected chi connectivity index (χ1v) is 9.56. The average Bonchev–Trinajstić information content (AvgIpc) is 2.81. The van der Waals surface area contributed by atoms with Gasteiger partial charge in [0.1, 0.15) is 5.75 Å². The fourth-order valence-corrected chi connectivity index (χ4v) is 3.08. The Kier molecular flexibility index (Phi) is 7.37. The van der Waals surface area contributed by atoms with Crippen molar-refractivity contribution >= 4 is 29.5 Å². The molecule has 2 N–H and O–H groups in total. The van der Waals surface area contributed by atoms with E-state index in [1.165, 1.54) is 6.08 Å². The zero-order valence-electron chi connectivity index (χ0n) is 16.7. The molecule has 0 saturated carbocycles. The van der Waals surface area contributed by atoms with Crippen molar-refractivity contribution in [3.63, 3.8) is 0 Å². The summed E-state index contributed by atoms with van der Waals surface area (Å²) in [5, 5.41) is 8.55. The molecule has 3 rings (SSSR count). The summed E-state index contributed by atoms with van der Waals surface area (Å²) in [6.07, 6.45) is 4.66. The molecule has 0 bridgehead atoms. The van der Waals surface area contributed by atoms with Crippen LogP contribution in [0.5, 0.6) is 5.75 Å². The highest BCUT2D eigenvalue weighted by Gasteiger charge is 2.22. The monoisotopic (exact) mass is 408 g/mol. The standard InChI is InChI=1S/C23H24N2O5/c1-29-20-4-2-3-19(16-20)21(23(27)25-11-13-30-14-12-25)15-18-7-5-17(6-8-18)9-10-22(26)24-28/h2-10,15-16,28H,11-14H2,1H3,(H,24,26)/b10-9+,21-15+. The van der Waals surface area contributed by atoms with E-state index < -0.39 is 5.91 Å². The SMILES string of the molecule is COc1cccc(/C(=C\c2ccc(/C=C/C(=O)NO)cc2)C(=O)N2CCOCC2)c1. The highest BCUT2D eigenvalue weighted by atomic mass is 16.5. The van der Waals surface area contributed by atoms with Crippen LogP contribution in [0, 0.1) is 0 Å². The van der Waals surface area contributed by atoms with E-state index in [4.69, 9.17) is 14.7 Å². The zero-order chi connectivity index (χ0) is 21.3. The Hall–Kier alpha value is -3.42. The average molecular weight is 408 g/mol. The smallest absolute Gasteiger partial charge is 0.267 e. The lowest BCUT2D eigenvalue weighted by molar-refractivity contribution is -0.128. The van der Waals surface area contributed by atoms with E-state index >= 15 is 0 Å². The molecule has 2 aromatic rings. The number of nitrogens with zero attached hydrogens (tertiary/aromatic N) is 1. The van der Waals surface area contributed by atoms with E-state index in [1.807, 2.05) is 54.6 Å². The molecular formula is C23H24N2O5. The summed E-state index contributed by atoms with van der Waals surface area (Å²) >= 11 is 0. The molecule has 0 aliphatic carbocycles. The van der Waals surface area contributed by atoms with Crippen LogP contribution in [0.1, 0.15) is 16.7 Å². The van der Waals surface area contributed by atoms with Crippen LogP contribution < -0.4 is 10.2 Å². The molecule has 156 valence electrons. The minimum atomic E-state index is -0.601. The van der Waals surface area contributed by atoms with Crippen LogP contribution in [0.2, 0.25) is 0 Å². The molecule has 0 unspecified atom stereocenters. The number of hydrogen-bond acceptors (Lipinski definition) is 5. The fraction of sp³-hybridized carbons (Fsp3) is 0.217. The van der Waals surface area contributed by atoms with Crippen LogP contribution in [0.25, 0.3) is 17.7 Å². The first-order chi connectivity index (χ1) is 14.6. The molecule has 0 aromatic heterocycles. The van der Waals surface area contributed by atoms with Crippen molar-refractivity contribution in [2.45, 2.75) is 0 Å². The van der Waals surface area contributed by atoms with Gasteiger partial charge in [-0.15, -0.1) is 0 Å². The minimum absolute atomic E-state index is 0.0601. The summed E-state index contributed by atoms with van der Waals surface area (Å²) in [5.41, 5.74) is 4.52. The molecule has 0 spiro atoms. The molecule has 1 aliphatic rings. The number of amides is 2. The third-order valence-corrected chi connectivity index (χ3v) is 4.69. The largest absolute Gasteiger partial charge is 0.497 e. The van der Waals surface area contributed by atoms with Crippen LogP contribution in [0.3, 0.4) is 0 Å². The Balaban J connectivity index is 1.92. The van der Waals surface area contributed by atoms with Gasteiger partial charge in [0.05, 0.1) is 20.3 Å². The molecule has 1 saturated heterocycles. The van der Waals surface area contributed by atoms with Gasteiger partial charge in [-0.1, -0.05) is 36.4 Å². The number of nitrogens with one attached hydrogen (secondary N) is 1. The van der Waals surface area contributed by atoms with Gasteiger partial charge in [-0.25, -0.2) is 5.48 Å². The Morgan fingerprint density at radius 1 is 1.10 bits per heavy atom. The summed E-state index contributed by atoms with van der Waals surface area (Å²) in [4.78, 5) is 26.2. The van der Waals surface area contributed by atoms with Crippen molar-refractivity contribution < 1.29 is 24.3 Å². The van der Waals surface area contributed by atoms with E-state index in [-0.39, 0.29) is 5.91 Å². The lowest BCUT2D eigenvalue weighted by atomic mass is 10.00. The number of hydrogen-bond donors (Lipinski definition) is 2. The number of benzene rings is 2. The van der Waals surface area contributed by atoms with Crippen molar-refractivity contribution in [2.75, 3.05) is 33.4 Å². The Labute approximate surface area is 175 Å². The van der Waals surface area contributed by atoms with E-state index in [2.05, 4.69) is 0 Å². The first kappa shape index (κ1) is 21.3. The summed E-state index contributed by atoms with van der Waals surface area (Å²) in [7, 11) is 1.59. The third kappa shape index (κ3) is 5.56. The Bertz CT molecular complexity index is 944. The van der Waals surface area contributed by atoms with Gasteiger partial charge in [-0.3, -0.25) is 14.8 Å². The van der Waals surface area contributed by atoms with Gasteiger partial charge in [0, 0.05) is 24.7 Å². The van der Waals surface area contributed by atoms with E-state index in [0.29, 0.717) is 37.6 Å². The quantitative estimate of drug-likeness (QED) is 0.332. The molecule has 1 heterocycles. The van der Waals surface area contributed by atoms with Crippen molar-refractivity contribution in [1.82, 2.24) is 10.4 Å². The number of carbonyl (C=O) groups is 2. The maximum Gasteiger partial charge on any atom is 0.267 e. The lowest BCUT2D eigenvalue weighted by Gasteiger charge is -2.28. The van der Waals surface area contributed by atoms with Crippen molar-refractivity contribution in [3.05, 3.63) is 71.3 Å². The summed E-state index contributed by atoms with van der Waals surface area (Å²) < 4.78 is 10.7. The van der Waals surface area contributed by atoms with E-state index in [0.717, 1.165) is 16.7 Å². The van der Waals surface area contributed by atoms with Gasteiger partial charge < -0.3 is 14.4 Å². The van der Waals surface area contributed by atoms with Crippen LogP contribution in [-0.2, 0) is 14.3 Å². The molecule has 0 atom stereocenters. The predicted octanol–water partition coefficient (Wildman–Crippen LogP) is 2.61. The van der Waals surface area contributed by atoms with E-state index in [9.17, 15) is 9.59 Å². The maximum absolute atomic E-state index is 13.3. The van der Waals surface area contributed by atoms with Crippen LogP contribution in [0.15, 0.2) is 54.6 Å².